The Hall–Kier alpha value is -2.59. The molecule has 0 radical (unpaired) electrons. The molecule has 3 heterocycles. The van der Waals surface area contributed by atoms with Gasteiger partial charge in [0.1, 0.15) is 47.8 Å². The Morgan fingerprint density at radius 1 is 1.31 bits per heavy atom. The van der Waals surface area contributed by atoms with Gasteiger partial charge in [-0.25, -0.2) is 9.37 Å². The topological polar surface area (TPSA) is 170 Å². The standard InChI is InChI=1S/C22H23ClFN4O7P/c1-11(12-2-4-13(24)5-3-12)26-17-14-6-7-28(21(14)27-20(23)15(17)8-25)22-19(30)18(29)16(35-22)9-34-10-36(31,32)33/h2-7,11,16,18-19,22,29-30H,9-10H2,1H3,(H,26,27)(H2,31,32,33)/t11-,16-,18-,19-,22-/m1/s1. The molecule has 5 N–H and O–H groups in total. The molecule has 0 aliphatic carbocycles. The maximum absolute atomic E-state index is 13.3. The van der Waals surface area contributed by atoms with Crippen molar-refractivity contribution in [2.75, 3.05) is 18.3 Å². The Bertz CT molecular complexity index is 1340. The highest BCUT2D eigenvalue weighted by Crippen LogP contribution is 2.39. The van der Waals surface area contributed by atoms with E-state index in [9.17, 15) is 24.4 Å². The molecule has 2 aromatic heterocycles. The molecule has 0 saturated carbocycles. The fourth-order valence-electron chi connectivity index (χ4n) is 4.03. The van der Waals surface area contributed by atoms with Crippen LogP contribution in [0.1, 0.15) is 30.3 Å². The van der Waals surface area contributed by atoms with Crippen molar-refractivity contribution in [3.8, 4) is 6.07 Å². The van der Waals surface area contributed by atoms with Crippen molar-refractivity contribution < 1.29 is 38.4 Å². The van der Waals surface area contributed by atoms with Crippen molar-refractivity contribution in [2.24, 2.45) is 0 Å². The number of nitrogens with zero attached hydrogens (tertiary/aromatic N) is 3. The molecule has 36 heavy (non-hydrogen) atoms. The van der Waals surface area contributed by atoms with E-state index in [0.29, 0.717) is 11.1 Å². The lowest BCUT2D eigenvalue weighted by Crippen LogP contribution is -2.33. The fraction of sp³-hybridized carbons (Fsp3) is 0.364. The van der Waals surface area contributed by atoms with Crippen molar-refractivity contribution >= 4 is 35.9 Å². The lowest BCUT2D eigenvalue weighted by molar-refractivity contribution is -0.0610. The molecule has 11 nitrogen and oxygen atoms in total. The molecule has 1 fully saturated rings. The van der Waals surface area contributed by atoms with Crippen molar-refractivity contribution in [2.45, 2.75) is 37.5 Å². The average Bonchev–Trinajstić information content (AvgIpc) is 3.34. The van der Waals surface area contributed by atoms with Crippen LogP contribution < -0.4 is 5.32 Å². The zero-order valence-corrected chi connectivity index (χ0v) is 20.5. The Morgan fingerprint density at radius 3 is 2.64 bits per heavy atom. The monoisotopic (exact) mass is 540 g/mol. The highest BCUT2D eigenvalue weighted by atomic mass is 35.5. The van der Waals surface area contributed by atoms with Gasteiger partial charge in [0.2, 0.25) is 0 Å². The summed E-state index contributed by atoms with van der Waals surface area (Å²) in [4.78, 5) is 22.2. The molecule has 5 atom stereocenters. The van der Waals surface area contributed by atoms with Crippen molar-refractivity contribution in [3.63, 3.8) is 0 Å². The third-order valence-electron chi connectivity index (χ3n) is 5.81. The molecule has 0 spiro atoms. The molecule has 192 valence electrons. The highest BCUT2D eigenvalue weighted by molar-refractivity contribution is 7.51. The van der Waals surface area contributed by atoms with Crippen LogP contribution in [0.4, 0.5) is 10.1 Å². The minimum Gasteiger partial charge on any atom is -0.387 e. The third-order valence-corrected chi connectivity index (χ3v) is 6.60. The van der Waals surface area contributed by atoms with Gasteiger partial charge in [0.05, 0.1) is 12.3 Å². The molecule has 4 rings (SSSR count). The number of hydrogen-bond donors (Lipinski definition) is 5. The van der Waals surface area contributed by atoms with Gasteiger partial charge in [-0.15, -0.1) is 0 Å². The van der Waals surface area contributed by atoms with Gasteiger partial charge in [0.15, 0.2) is 11.4 Å². The van der Waals surface area contributed by atoms with Crippen molar-refractivity contribution in [3.05, 3.63) is 58.6 Å². The van der Waals surface area contributed by atoms with Gasteiger partial charge >= 0.3 is 7.60 Å². The number of aliphatic hydroxyl groups is 2. The van der Waals surface area contributed by atoms with Crippen molar-refractivity contribution in [1.82, 2.24) is 9.55 Å². The number of nitrogens with one attached hydrogen (secondary N) is 1. The quantitative estimate of drug-likeness (QED) is 0.211. The number of aromatic nitrogens is 2. The molecule has 0 amide bonds. The smallest absolute Gasteiger partial charge is 0.350 e. The maximum Gasteiger partial charge on any atom is 0.350 e. The van der Waals surface area contributed by atoms with E-state index in [2.05, 4.69) is 10.3 Å². The first-order valence-corrected chi connectivity index (χ1v) is 12.9. The Labute approximate surface area is 209 Å². The first kappa shape index (κ1) is 26.5. The van der Waals surface area contributed by atoms with E-state index in [1.807, 2.05) is 13.0 Å². The van der Waals surface area contributed by atoms with Crippen LogP contribution in [0.3, 0.4) is 0 Å². The number of pyridine rings is 1. The predicted molar refractivity (Wildman–Crippen MR) is 127 cm³/mol. The van der Waals surface area contributed by atoms with Crippen LogP contribution in [-0.2, 0) is 14.0 Å². The van der Waals surface area contributed by atoms with Crippen LogP contribution in [0.25, 0.3) is 11.0 Å². The molecule has 1 aromatic carbocycles. The molecule has 0 bridgehead atoms. The summed E-state index contributed by atoms with van der Waals surface area (Å²) >= 11 is 6.32. The summed E-state index contributed by atoms with van der Waals surface area (Å²) in [7, 11) is -4.41. The van der Waals surface area contributed by atoms with Gasteiger partial charge in [-0.1, -0.05) is 23.7 Å². The molecular weight excluding hydrogens is 518 g/mol. The fourth-order valence-corrected chi connectivity index (χ4v) is 4.59. The van der Waals surface area contributed by atoms with Crippen LogP contribution >= 0.6 is 19.2 Å². The SMILES string of the molecule is C[C@@H](Nc1c(C#N)c(Cl)nc2c1ccn2[C@@H]1O[C@H](COCP(=O)(O)O)[C@@H](O)[C@H]1O)c1ccc(F)cc1. The van der Waals surface area contributed by atoms with Gasteiger partial charge in [-0.05, 0) is 30.7 Å². The molecule has 3 aromatic rings. The Balaban J connectivity index is 1.65. The normalized spacial score (nSPS) is 23.1. The number of nitriles is 1. The zero-order valence-electron chi connectivity index (χ0n) is 18.8. The van der Waals surface area contributed by atoms with E-state index >= 15 is 0 Å². The van der Waals surface area contributed by atoms with Crippen LogP contribution in [0.15, 0.2) is 36.5 Å². The number of fused-ring (bicyclic) bond motifs is 1. The first-order chi connectivity index (χ1) is 17.0. The van der Waals surface area contributed by atoms with Gasteiger partial charge in [-0.2, -0.15) is 5.26 Å². The number of anilines is 1. The van der Waals surface area contributed by atoms with E-state index in [-0.39, 0.29) is 34.8 Å². The zero-order chi connectivity index (χ0) is 26.2. The number of rotatable bonds is 8. The summed E-state index contributed by atoms with van der Waals surface area (Å²) < 4.78 is 36.4. The lowest BCUT2D eigenvalue weighted by Gasteiger charge is -2.20. The molecule has 1 aliphatic heterocycles. The summed E-state index contributed by atoms with van der Waals surface area (Å²) in [5, 5.41) is 34.3. The van der Waals surface area contributed by atoms with Gasteiger partial charge in [0.25, 0.3) is 0 Å². The summed E-state index contributed by atoms with van der Waals surface area (Å²) in [5.74, 6) is -0.377. The second-order valence-corrected chi connectivity index (χ2v) is 10.3. The molecule has 1 aliphatic rings. The maximum atomic E-state index is 13.3. The second kappa shape index (κ2) is 10.4. The molecule has 14 heteroatoms. The number of aliphatic hydroxyl groups excluding tert-OH is 2. The van der Waals surface area contributed by atoms with Crippen molar-refractivity contribution in [1.29, 1.82) is 5.26 Å². The van der Waals surface area contributed by atoms with E-state index in [1.54, 1.807) is 24.4 Å². The summed E-state index contributed by atoms with van der Waals surface area (Å²) in [6, 6.07) is 9.21. The van der Waals surface area contributed by atoms with Crippen LogP contribution in [-0.4, -0.2) is 60.8 Å². The van der Waals surface area contributed by atoms with Crippen LogP contribution in [0, 0.1) is 17.1 Å². The average molecular weight is 541 g/mol. The summed E-state index contributed by atoms with van der Waals surface area (Å²) in [6.07, 6.45) is -4.34. The van der Waals surface area contributed by atoms with Crippen LogP contribution in [0.2, 0.25) is 5.15 Å². The van der Waals surface area contributed by atoms with Gasteiger partial charge in [0, 0.05) is 17.6 Å². The molecule has 1 saturated heterocycles. The number of ether oxygens (including phenoxy) is 2. The summed E-state index contributed by atoms with van der Waals surface area (Å²) in [6.45, 7) is 1.46. The minimum atomic E-state index is -4.41. The largest absolute Gasteiger partial charge is 0.387 e. The molecule has 0 unspecified atom stereocenters. The second-order valence-electron chi connectivity index (χ2n) is 8.35. The Kier molecular flexibility index (Phi) is 7.66. The van der Waals surface area contributed by atoms with Gasteiger partial charge < -0.3 is 39.4 Å². The Morgan fingerprint density at radius 2 is 2.00 bits per heavy atom. The minimum absolute atomic E-state index is 0.0903. The van der Waals surface area contributed by atoms with Gasteiger partial charge in [-0.3, -0.25) is 4.57 Å². The predicted octanol–water partition coefficient (Wildman–Crippen LogP) is 2.64. The molecular formula is C22H23ClFN4O7P. The van der Waals surface area contributed by atoms with E-state index in [1.165, 1.54) is 16.7 Å². The summed E-state index contributed by atoms with van der Waals surface area (Å²) in [5.41, 5.74) is 1.47. The third kappa shape index (κ3) is 5.39. The number of halogens is 2. The van der Waals surface area contributed by atoms with E-state index < -0.39 is 38.5 Å². The number of benzene rings is 1. The number of hydrogen-bond acceptors (Lipinski definition) is 8. The highest BCUT2D eigenvalue weighted by Gasteiger charge is 2.44. The first-order valence-electron chi connectivity index (χ1n) is 10.8. The lowest BCUT2D eigenvalue weighted by atomic mass is 10.1. The van der Waals surface area contributed by atoms with Crippen LogP contribution in [0.5, 0.6) is 0 Å². The van der Waals surface area contributed by atoms with E-state index in [4.69, 9.17) is 30.9 Å². The van der Waals surface area contributed by atoms with E-state index in [0.717, 1.165) is 5.56 Å².